The second-order valence-electron chi connectivity index (χ2n) is 9.55. The third-order valence-corrected chi connectivity index (χ3v) is 6.31. The van der Waals surface area contributed by atoms with Crippen LogP contribution in [0, 0.1) is 5.82 Å². The Labute approximate surface area is 228 Å². The van der Waals surface area contributed by atoms with Crippen LogP contribution in [0.2, 0.25) is 0 Å². The monoisotopic (exact) mass is 539 g/mol. The minimum atomic E-state index is -0.722. The van der Waals surface area contributed by atoms with Crippen molar-refractivity contribution in [2.45, 2.75) is 26.3 Å². The van der Waals surface area contributed by atoms with Gasteiger partial charge in [-0.2, -0.15) is 5.10 Å². The van der Waals surface area contributed by atoms with Gasteiger partial charge in [-0.1, -0.05) is 24.3 Å². The molecule has 0 aliphatic rings. The lowest BCUT2D eigenvalue weighted by molar-refractivity contribution is 0.0990. The molecule has 5 aromatic rings. The van der Waals surface area contributed by atoms with Gasteiger partial charge in [0.05, 0.1) is 17.6 Å². The largest absolute Gasteiger partial charge is 0.454 e. The van der Waals surface area contributed by atoms with Gasteiger partial charge in [0.15, 0.2) is 17.3 Å². The molecule has 202 valence electrons. The zero-order valence-electron chi connectivity index (χ0n) is 22.1. The Balaban J connectivity index is 1.40. The van der Waals surface area contributed by atoms with Gasteiger partial charge in [0.25, 0.3) is 5.56 Å². The molecule has 0 atom stereocenters. The van der Waals surface area contributed by atoms with E-state index in [0.29, 0.717) is 22.7 Å². The van der Waals surface area contributed by atoms with E-state index in [1.54, 1.807) is 92.7 Å². The molecule has 0 spiro atoms. The van der Waals surface area contributed by atoms with Crippen molar-refractivity contribution < 1.29 is 13.9 Å². The number of aromatic nitrogens is 5. The molecule has 0 aliphatic heterocycles. The van der Waals surface area contributed by atoms with Crippen LogP contribution in [0.3, 0.4) is 0 Å². The summed E-state index contributed by atoms with van der Waals surface area (Å²) in [5, 5.41) is 4.13. The molecule has 0 saturated carbocycles. The van der Waals surface area contributed by atoms with Crippen molar-refractivity contribution >= 4 is 5.78 Å². The lowest BCUT2D eigenvalue weighted by Gasteiger charge is -2.15. The molecule has 0 amide bonds. The molecule has 0 saturated heterocycles. The van der Waals surface area contributed by atoms with E-state index in [1.165, 1.54) is 22.9 Å². The van der Waals surface area contributed by atoms with Crippen LogP contribution in [0.25, 0.3) is 16.9 Å². The Morgan fingerprint density at radius 3 is 2.48 bits per heavy atom. The molecule has 0 fully saturated rings. The Hall–Kier alpha value is -5.12. The van der Waals surface area contributed by atoms with Gasteiger partial charge >= 0.3 is 5.69 Å². The molecule has 0 radical (unpaired) electrons. The number of Topliss-reactive ketones (excluding diaryl/α,β-unsaturated/α-hetero) is 1. The zero-order chi connectivity index (χ0) is 28.4. The summed E-state index contributed by atoms with van der Waals surface area (Å²) < 4.78 is 24.7. The molecule has 0 unspecified atom stereocenters. The number of benzene rings is 2. The highest BCUT2D eigenvalue weighted by Crippen LogP contribution is 2.28. The third-order valence-electron chi connectivity index (χ3n) is 6.31. The molecular formula is C30H26FN5O4. The molecule has 40 heavy (non-hydrogen) atoms. The van der Waals surface area contributed by atoms with E-state index in [9.17, 15) is 14.4 Å². The van der Waals surface area contributed by atoms with Gasteiger partial charge in [0.1, 0.15) is 11.3 Å². The van der Waals surface area contributed by atoms with E-state index in [0.717, 1.165) is 10.1 Å². The Bertz CT molecular complexity index is 1820. The number of nitrogens with zero attached hydrogens (tertiary/aromatic N) is 5. The minimum Gasteiger partial charge on any atom is -0.454 e. The fourth-order valence-electron chi connectivity index (χ4n) is 4.27. The summed E-state index contributed by atoms with van der Waals surface area (Å²) in [4.78, 5) is 43.9. The number of ketones is 1. The van der Waals surface area contributed by atoms with E-state index in [1.807, 2.05) is 0 Å². The van der Waals surface area contributed by atoms with Gasteiger partial charge in [-0.05, 0) is 49.7 Å². The SMILES string of the molecule is CC(C)n1cc(C(=O)Cc2ccc(Oc3ccnc(-c4cnn(C)c4)c3)c(F)c2)c(=O)n(-c2ccccc2)c1=O. The van der Waals surface area contributed by atoms with Crippen LogP contribution >= 0.6 is 0 Å². The fourth-order valence-corrected chi connectivity index (χ4v) is 4.27. The summed E-state index contributed by atoms with van der Waals surface area (Å²) in [6.45, 7) is 3.57. The number of rotatable bonds is 8. The molecule has 0 bridgehead atoms. The van der Waals surface area contributed by atoms with E-state index in [2.05, 4.69) is 10.1 Å². The standard InChI is InChI=1S/C30H26FN5O4/c1-19(2)35-18-24(29(38)36(30(35)39)22-7-5-4-6-8-22)27(37)14-20-9-10-28(25(31)13-20)40-23-11-12-32-26(15-23)21-16-33-34(3)17-21/h4-13,15-19H,14H2,1-3H3. The van der Waals surface area contributed by atoms with Crippen molar-refractivity contribution in [2.75, 3.05) is 0 Å². The van der Waals surface area contributed by atoms with Crippen molar-refractivity contribution in [3.63, 3.8) is 0 Å². The first-order valence-corrected chi connectivity index (χ1v) is 12.6. The molecule has 2 aromatic carbocycles. The first-order chi connectivity index (χ1) is 19.2. The van der Waals surface area contributed by atoms with Crippen LogP contribution in [-0.2, 0) is 13.5 Å². The number of para-hydroxylation sites is 1. The first-order valence-electron chi connectivity index (χ1n) is 12.6. The number of hydrogen-bond donors (Lipinski definition) is 0. The van der Waals surface area contributed by atoms with Crippen molar-refractivity contribution in [3.05, 3.63) is 123 Å². The Kier molecular flexibility index (Phi) is 7.24. The number of halogens is 1. The Morgan fingerprint density at radius 1 is 1.02 bits per heavy atom. The Morgan fingerprint density at radius 2 is 1.80 bits per heavy atom. The number of hydrogen-bond acceptors (Lipinski definition) is 6. The summed E-state index contributed by atoms with van der Waals surface area (Å²) in [7, 11) is 1.80. The summed E-state index contributed by atoms with van der Waals surface area (Å²) in [6, 6.07) is 15.6. The topological polar surface area (TPSA) is 101 Å². The van der Waals surface area contributed by atoms with Gasteiger partial charge in [-0.15, -0.1) is 0 Å². The fraction of sp³-hybridized carbons (Fsp3) is 0.167. The van der Waals surface area contributed by atoms with E-state index >= 15 is 4.39 Å². The minimum absolute atomic E-state index is 0.0284. The second kappa shape index (κ2) is 10.9. The lowest BCUT2D eigenvalue weighted by atomic mass is 10.0. The highest BCUT2D eigenvalue weighted by molar-refractivity contribution is 5.97. The second-order valence-corrected chi connectivity index (χ2v) is 9.55. The molecule has 3 heterocycles. The highest BCUT2D eigenvalue weighted by Gasteiger charge is 2.20. The lowest BCUT2D eigenvalue weighted by Crippen LogP contribution is -2.42. The molecule has 0 aliphatic carbocycles. The number of ether oxygens (including phenoxy) is 1. The summed E-state index contributed by atoms with van der Waals surface area (Å²) in [5.41, 5.74) is 0.705. The van der Waals surface area contributed by atoms with Crippen molar-refractivity contribution in [1.29, 1.82) is 0 Å². The van der Waals surface area contributed by atoms with Crippen molar-refractivity contribution in [3.8, 4) is 28.4 Å². The molecule has 10 heteroatoms. The average Bonchev–Trinajstić information content (AvgIpc) is 3.37. The molecule has 9 nitrogen and oxygen atoms in total. The third kappa shape index (κ3) is 5.37. The van der Waals surface area contributed by atoms with Gasteiger partial charge in [-0.3, -0.25) is 23.8 Å². The van der Waals surface area contributed by atoms with Crippen LogP contribution in [-0.4, -0.2) is 29.7 Å². The van der Waals surface area contributed by atoms with Crippen LogP contribution < -0.4 is 16.0 Å². The van der Waals surface area contributed by atoms with Crippen LogP contribution in [0.15, 0.2) is 95.0 Å². The van der Waals surface area contributed by atoms with E-state index in [4.69, 9.17) is 4.74 Å². The van der Waals surface area contributed by atoms with E-state index < -0.39 is 22.8 Å². The van der Waals surface area contributed by atoms with Crippen LogP contribution in [0.4, 0.5) is 4.39 Å². The predicted octanol–water partition coefficient (Wildman–Crippen LogP) is 4.73. The number of carbonyl (C=O) groups is 1. The summed E-state index contributed by atoms with van der Waals surface area (Å²) >= 11 is 0. The van der Waals surface area contributed by atoms with Gasteiger partial charge in [-0.25, -0.2) is 13.8 Å². The average molecular weight is 540 g/mol. The predicted molar refractivity (Wildman–Crippen MR) is 148 cm³/mol. The normalized spacial score (nSPS) is 11.1. The zero-order valence-corrected chi connectivity index (χ0v) is 22.1. The van der Waals surface area contributed by atoms with Crippen molar-refractivity contribution in [2.24, 2.45) is 7.05 Å². The number of carbonyl (C=O) groups excluding carboxylic acids is 1. The summed E-state index contributed by atoms with van der Waals surface area (Å²) in [5.74, 6) is -0.848. The van der Waals surface area contributed by atoms with Crippen LogP contribution in [0.5, 0.6) is 11.5 Å². The highest BCUT2D eigenvalue weighted by atomic mass is 19.1. The molecule has 0 N–H and O–H groups in total. The molecule has 3 aromatic heterocycles. The smallest absolute Gasteiger partial charge is 0.335 e. The summed E-state index contributed by atoms with van der Waals surface area (Å²) in [6.07, 6.45) is 6.08. The molecule has 5 rings (SSSR count). The first kappa shape index (κ1) is 26.5. The maximum absolute atomic E-state index is 15.0. The molecular weight excluding hydrogens is 513 g/mol. The van der Waals surface area contributed by atoms with Gasteiger partial charge < -0.3 is 4.74 Å². The van der Waals surface area contributed by atoms with E-state index in [-0.39, 0.29) is 23.8 Å². The maximum atomic E-state index is 15.0. The number of aryl methyl sites for hydroxylation is 1. The van der Waals surface area contributed by atoms with Crippen molar-refractivity contribution in [1.82, 2.24) is 23.9 Å². The van der Waals surface area contributed by atoms with Gasteiger partial charge in [0, 0.05) is 49.7 Å². The quantitative estimate of drug-likeness (QED) is 0.264. The number of pyridine rings is 1. The maximum Gasteiger partial charge on any atom is 0.335 e. The van der Waals surface area contributed by atoms with Gasteiger partial charge in [0.2, 0.25) is 0 Å². The van der Waals surface area contributed by atoms with Crippen LogP contribution in [0.1, 0.15) is 35.8 Å².